The van der Waals surface area contributed by atoms with E-state index >= 15 is 0 Å². The molecule has 1 heterocycles. The first-order valence-corrected chi connectivity index (χ1v) is 7.67. The molecule has 0 aromatic heterocycles. The third kappa shape index (κ3) is 4.15. The molecule has 0 atom stereocenters. The summed E-state index contributed by atoms with van der Waals surface area (Å²) in [6.45, 7) is 4.03. The molecule has 5 heteroatoms. The fraction of sp³-hybridized carbons (Fsp3) is 0.278. The normalized spacial score (nSPS) is 15.3. The van der Waals surface area contributed by atoms with Crippen molar-refractivity contribution in [3.05, 3.63) is 65.5 Å². The van der Waals surface area contributed by atoms with Crippen LogP contribution in [-0.4, -0.2) is 37.1 Å². The van der Waals surface area contributed by atoms with E-state index in [1.165, 1.54) is 24.3 Å². The summed E-state index contributed by atoms with van der Waals surface area (Å²) >= 11 is 0. The average Bonchev–Trinajstić information content (AvgIpc) is 2.58. The number of hydrogen-bond donors (Lipinski definition) is 1. The average molecular weight is 314 g/mol. The number of halogens is 1. The highest BCUT2D eigenvalue weighted by Gasteiger charge is 2.14. The van der Waals surface area contributed by atoms with Gasteiger partial charge in [-0.25, -0.2) is 4.39 Å². The Morgan fingerprint density at radius 1 is 1.09 bits per heavy atom. The van der Waals surface area contributed by atoms with Crippen molar-refractivity contribution in [2.75, 3.05) is 31.6 Å². The summed E-state index contributed by atoms with van der Waals surface area (Å²) < 4.78 is 18.3. The van der Waals surface area contributed by atoms with E-state index in [1.54, 1.807) is 0 Å². The molecule has 3 rings (SSSR count). The van der Waals surface area contributed by atoms with E-state index in [0.29, 0.717) is 5.56 Å². The van der Waals surface area contributed by atoms with Crippen molar-refractivity contribution in [3.8, 4) is 0 Å². The summed E-state index contributed by atoms with van der Waals surface area (Å²) in [6, 6.07) is 13.3. The van der Waals surface area contributed by atoms with Crippen LogP contribution in [0.3, 0.4) is 0 Å². The zero-order chi connectivity index (χ0) is 16.1. The zero-order valence-corrected chi connectivity index (χ0v) is 12.8. The fourth-order valence-corrected chi connectivity index (χ4v) is 2.58. The van der Waals surface area contributed by atoms with Gasteiger partial charge in [0, 0.05) is 30.9 Å². The molecule has 0 aliphatic carbocycles. The van der Waals surface area contributed by atoms with Crippen LogP contribution in [0.2, 0.25) is 0 Å². The largest absolute Gasteiger partial charge is 0.379 e. The van der Waals surface area contributed by atoms with E-state index in [2.05, 4.69) is 10.2 Å². The summed E-state index contributed by atoms with van der Waals surface area (Å²) in [4.78, 5) is 14.6. The lowest BCUT2D eigenvalue weighted by atomic mass is 10.1. The Morgan fingerprint density at radius 3 is 2.52 bits per heavy atom. The van der Waals surface area contributed by atoms with Crippen molar-refractivity contribution >= 4 is 11.6 Å². The number of ether oxygens (including phenoxy) is 1. The van der Waals surface area contributed by atoms with Gasteiger partial charge < -0.3 is 10.1 Å². The van der Waals surface area contributed by atoms with E-state index in [1.807, 2.05) is 24.3 Å². The monoisotopic (exact) mass is 314 g/mol. The van der Waals surface area contributed by atoms with Gasteiger partial charge in [-0.1, -0.05) is 18.2 Å². The fourth-order valence-electron chi connectivity index (χ4n) is 2.58. The smallest absolute Gasteiger partial charge is 0.255 e. The molecule has 1 saturated heterocycles. The van der Waals surface area contributed by atoms with Gasteiger partial charge >= 0.3 is 0 Å². The third-order valence-corrected chi connectivity index (χ3v) is 3.87. The summed E-state index contributed by atoms with van der Waals surface area (Å²) in [5.41, 5.74) is 2.28. The van der Waals surface area contributed by atoms with Crippen molar-refractivity contribution in [3.63, 3.8) is 0 Å². The molecule has 0 spiro atoms. The van der Waals surface area contributed by atoms with Gasteiger partial charge in [0.05, 0.1) is 13.2 Å². The maximum atomic E-state index is 13.0. The second-order valence-corrected chi connectivity index (χ2v) is 5.51. The van der Waals surface area contributed by atoms with Crippen LogP contribution < -0.4 is 5.32 Å². The molecule has 0 saturated carbocycles. The van der Waals surface area contributed by atoms with Crippen molar-refractivity contribution in [1.82, 2.24) is 4.90 Å². The van der Waals surface area contributed by atoms with Gasteiger partial charge in [0.25, 0.3) is 5.91 Å². The second-order valence-electron chi connectivity index (χ2n) is 5.51. The highest BCUT2D eigenvalue weighted by Crippen LogP contribution is 2.19. The number of anilines is 1. The Kier molecular flexibility index (Phi) is 5.00. The predicted molar refractivity (Wildman–Crippen MR) is 86.9 cm³/mol. The Labute approximate surface area is 134 Å². The molecule has 0 bridgehead atoms. The molecule has 0 radical (unpaired) electrons. The first-order valence-electron chi connectivity index (χ1n) is 7.67. The maximum absolute atomic E-state index is 13.0. The van der Waals surface area contributed by atoms with E-state index in [-0.39, 0.29) is 11.7 Å². The molecule has 1 aliphatic heterocycles. The molecule has 1 aliphatic rings. The number of amides is 1. The number of nitrogens with zero attached hydrogens (tertiary/aromatic N) is 1. The lowest BCUT2D eigenvalue weighted by Gasteiger charge is -2.27. The van der Waals surface area contributed by atoms with Crippen LogP contribution in [0.25, 0.3) is 0 Å². The molecule has 1 amide bonds. The first-order chi connectivity index (χ1) is 11.2. The predicted octanol–water partition coefficient (Wildman–Crippen LogP) is 2.91. The van der Waals surface area contributed by atoms with Crippen molar-refractivity contribution < 1.29 is 13.9 Å². The van der Waals surface area contributed by atoms with Crippen molar-refractivity contribution in [2.45, 2.75) is 6.54 Å². The van der Waals surface area contributed by atoms with Gasteiger partial charge in [-0.3, -0.25) is 9.69 Å². The quantitative estimate of drug-likeness (QED) is 0.943. The SMILES string of the molecule is O=C(Nc1ccccc1CN1CCOCC1)c1ccc(F)cc1. The van der Waals surface area contributed by atoms with Crippen LogP contribution in [0.5, 0.6) is 0 Å². The van der Waals surface area contributed by atoms with Crippen molar-refractivity contribution in [1.29, 1.82) is 0 Å². The van der Waals surface area contributed by atoms with Crippen LogP contribution >= 0.6 is 0 Å². The third-order valence-electron chi connectivity index (χ3n) is 3.87. The van der Waals surface area contributed by atoms with Crippen LogP contribution in [0.15, 0.2) is 48.5 Å². The molecule has 2 aromatic carbocycles. The number of carbonyl (C=O) groups is 1. The number of rotatable bonds is 4. The van der Waals surface area contributed by atoms with Crippen LogP contribution in [0, 0.1) is 5.82 Å². The first kappa shape index (κ1) is 15.6. The van der Waals surface area contributed by atoms with Crippen LogP contribution in [0.1, 0.15) is 15.9 Å². The van der Waals surface area contributed by atoms with E-state index in [0.717, 1.165) is 44.1 Å². The maximum Gasteiger partial charge on any atom is 0.255 e. The number of morpholine rings is 1. The summed E-state index contributed by atoms with van der Waals surface area (Å²) in [6.07, 6.45) is 0. The molecular formula is C18H19FN2O2. The number of benzene rings is 2. The van der Waals surface area contributed by atoms with Crippen LogP contribution in [-0.2, 0) is 11.3 Å². The van der Waals surface area contributed by atoms with Gasteiger partial charge in [0.15, 0.2) is 0 Å². The second kappa shape index (κ2) is 7.35. The number of para-hydroxylation sites is 1. The van der Waals surface area contributed by atoms with E-state index in [4.69, 9.17) is 4.74 Å². The molecule has 4 nitrogen and oxygen atoms in total. The molecule has 1 N–H and O–H groups in total. The molecular weight excluding hydrogens is 295 g/mol. The van der Waals surface area contributed by atoms with E-state index < -0.39 is 0 Å². The molecule has 23 heavy (non-hydrogen) atoms. The Balaban J connectivity index is 1.72. The van der Waals surface area contributed by atoms with Crippen molar-refractivity contribution in [2.24, 2.45) is 0 Å². The van der Waals surface area contributed by atoms with E-state index in [9.17, 15) is 9.18 Å². The number of nitrogens with one attached hydrogen (secondary N) is 1. The summed E-state index contributed by atoms with van der Waals surface area (Å²) in [7, 11) is 0. The van der Waals surface area contributed by atoms with Gasteiger partial charge in [0.1, 0.15) is 5.82 Å². The minimum atomic E-state index is -0.353. The molecule has 2 aromatic rings. The minimum Gasteiger partial charge on any atom is -0.379 e. The number of carbonyl (C=O) groups excluding carboxylic acids is 1. The Hall–Kier alpha value is -2.24. The topological polar surface area (TPSA) is 41.6 Å². The zero-order valence-electron chi connectivity index (χ0n) is 12.8. The molecule has 120 valence electrons. The Morgan fingerprint density at radius 2 is 1.78 bits per heavy atom. The minimum absolute atomic E-state index is 0.237. The number of hydrogen-bond acceptors (Lipinski definition) is 3. The lowest BCUT2D eigenvalue weighted by Crippen LogP contribution is -2.35. The summed E-state index contributed by atoms with van der Waals surface area (Å²) in [5, 5.41) is 2.92. The summed E-state index contributed by atoms with van der Waals surface area (Å²) in [5.74, 6) is -0.589. The molecule has 0 unspecified atom stereocenters. The van der Waals surface area contributed by atoms with Gasteiger partial charge in [-0.2, -0.15) is 0 Å². The van der Waals surface area contributed by atoms with Gasteiger partial charge in [-0.15, -0.1) is 0 Å². The Bertz CT molecular complexity index is 667. The van der Waals surface area contributed by atoms with Gasteiger partial charge in [-0.05, 0) is 35.9 Å². The van der Waals surface area contributed by atoms with Crippen LogP contribution in [0.4, 0.5) is 10.1 Å². The highest BCUT2D eigenvalue weighted by molar-refractivity contribution is 6.04. The van der Waals surface area contributed by atoms with Gasteiger partial charge in [0.2, 0.25) is 0 Å². The highest BCUT2D eigenvalue weighted by atomic mass is 19.1. The molecule has 1 fully saturated rings. The standard InChI is InChI=1S/C18H19FN2O2/c19-16-7-5-14(6-8-16)18(22)20-17-4-2-1-3-15(17)13-21-9-11-23-12-10-21/h1-8H,9-13H2,(H,20,22). The lowest BCUT2D eigenvalue weighted by molar-refractivity contribution is 0.0342.